The van der Waals surface area contributed by atoms with E-state index in [9.17, 15) is 8.78 Å². The van der Waals surface area contributed by atoms with Gasteiger partial charge < -0.3 is 0 Å². The molecule has 0 saturated heterocycles. The lowest BCUT2D eigenvalue weighted by Crippen LogP contribution is -2.12. The monoisotopic (exact) mass is 223 g/mol. The van der Waals surface area contributed by atoms with E-state index in [-0.39, 0.29) is 17.9 Å². The zero-order valence-corrected chi connectivity index (χ0v) is 9.50. The van der Waals surface area contributed by atoms with Crippen LogP contribution in [-0.4, -0.2) is 0 Å². The van der Waals surface area contributed by atoms with Gasteiger partial charge in [0.15, 0.2) is 0 Å². The fraction of sp³-hybridized carbons (Fsp3) is 0.462. The summed E-state index contributed by atoms with van der Waals surface area (Å²) in [5, 5.41) is 8.89. The van der Waals surface area contributed by atoms with Gasteiger partial charge in [0.05, 0.1) is 12.0 Å². The first-order valence-corrected chi connectivity index (χ1v) is 5.43. The van der Waals surface area contributed by atoms with Crippen molar-refractivity contribution in [2.75, 3.05) is 0 Å². The quantitative estimate of drug-likeness (QED) is 0.750. The first-order chi connectivity index (χ1) is 7.55. The van der Waals surface area contributed by atoms with E-state index in [0.29, 0.717) is 12.0 Å². The number of nitrogens with zero attached hydrogens (tertiary/aromatic N) is 1. The molecule has 0 radical (unpaired) electrons. The minimum absolute atomic E-state index is 0.00111. The molecule has 1 aromatic rings. The Hall–Kier alpha value is -1.43. The van der Waals surface area contributed by atoms with Crippen molar-refractivity contribution in [1.29, 1.82) is 5.26 Å². The molecule has 0 heterocycles. The SMILES string of the molecule is CCC(C#N)c1cccc(C(F)(F)CC)c1. The predicted molar refractivity (Wildman–Crippen MR) is 59.3 cm³/mol. The summed E-state index contributed by atoms with van der Waals surface area (Å²) in [4.78, 5) is 0. The minimum atomic E-state index is -2.80. The van der Waals surface area contributed by atoms with E-state index in [2.05, 4.69) is 6.07 Å². The Bertz CT molecular complexity index is 393. The molecule has 0 saturated carbocycles. The molecule has 0 bridgehead atoms. The van der Waals surface area contributed by atoms with Gasteiger partial charge in [-0.1, -0.05) is 32.0 Å². The maximum atomic E-state index is 13.5. The molecule has 0 aromatic heterocycles. The largest absolute Gasteiger partial charge is 0.273 e. The summed E-state index contributed by atoms with van der Waals surface area (Å²) in [5.41, 5.74) is 0.678. The van der Waals surface area contributed by atoms with Crippen LogP contribution in [0.15, 0.2) is 24.3 Å². The fourth-order valence-electron chi connectivity index (χ4n) is 1.59. The Labute approximate surface area is 94.7 Å². The van der Waals surface area contributed by atoms with E-state index >= 15 is 0 Å². The minimum Gasteiger partial charge on any atom is -0.201 e. The lowest BCUT2D eigenvalue weighted by Gasteiger charge is -2.16. The van der Waals surface area contributed by atoms with Gasteiger partial charge in [-0.25, -0.2) is 8.78 Å². The average molecular weight is 223 g/mol. The van der Waals surface area contributed by atoms with Crippen molar-refractivity contribution < 1.29 is 8.78 Å². The third kappa shape index (κ3) is 2.57. The maximum absolute atomic E-state index is 13.5. The average Bonchev–Trinajstić information content (AvgIpc) is 2.31. The second-order valence-electron chi connectivity index (χ2n) is 3.77. The highest BCUT2D eigenvalue weighted by molar-refractivity contribution is 5.31. The van der Waals surface area contributed by atoms with Gasteiger partial charge in [0.25, 0.3) is 5.92 Å². The Morgan fingerprint density at radius 3 is 2.56 bits per heavy atom. The van der Waals surface area contributed by atoms with Crippen molar-refractivity contribution in [3.8, 4) is 6.07 Å². The molecule has 0 fully saturated rings. The highest BCUT2D eigenvalue weighted by atomic mass is 19.3. The maximum Gasteiger partial charge on any atom is 0.273 e. The van der Waals surface area contributed by atoms with Crippen LogP contribution >= 0.6 is 0 Å². The second kappa shape index (κ2) is 5.07. The van der Waals surface area contributed by atoms with Crippen molar-refractivity contribution in [1.82, 2.24) is 0 Å². The number of halogens is 2. The predicted octanol–water partition coefficient (Wildman–Crippen LogP) is 4.21. The number of hydrogen-bond acceptors (Lipinski definition) is 1. The number of nitriles is 1. The highest BCUT2D eigenvalue weighted by Gasteiger charge is 2.29. The molecule has 1 nitrogen and oxygen atoms in total. The van der Waals surface area contributed by atoms with Crippen molar-refractivity contribution in [2.45, 2.75) is 38.5 Å². The summed E-state index contributed by atoms with van der Waals surface area (Å²) in [7, 11) is 0. The van der Waals surface area contributed by atoms with Crippen LogP contribution in [0.2, 0.25) is 0 Å². The van der Waals surface area contributed by atoms with Crippen LogP contribution in [0.25, 0.3) is 0 Å². The van der Waals surface area contributed by atoms with E-state index in [1.807, 2.05) is 6.92 Å². The molecule has 0 aliphatic carbocycles. The number of rotatable bonds is 4. The summed E-state index contributed by atoms with van der Waals surface area (Å²) >= 11 is 0. The van der Waals surface area contributed by atoms with Crippen LogP contribution in [0, 0.1) is 11.3 Å². The third-order valence-electron chi connectivity index (χ3n) is 2.72. The molecule has 0 N–H and O–H groups in total. The summed E-state index contributed by atoms with van der Waals surface area (Å²) < 4.78 is 26.9. The van der Waals surface area contributed by atoms with Gasteiger partial charge in [-0.05, 0) is 18.1 Å². The Morgan fingerprint density at radius 1 is 1.38 bits per heavy atom. The van der Waals surface area contributed by atoms with Crippen molar-refractivity contribution in [3.63, 3.8) is 0 Å². The van der Waals surface area contributed by atoms with E-state index in [1.54, 1.807) is 12.1 Å². The normalized spacial score (nSPS) is 13.2. The topological polar surface area (TPSA) is 23.8 Å². The Kier molecular flexibility index (Phi) is 4.00. The zero-order valence-electron chi connectivity index (χ0n) is 9.50. The summed E-state index contributed by atoms with van der Waals surface area (Å²) in [6.07, 6.45) is 0.414. The first-order valence-electron chi connectivity index (χ1n) is 5.43. The molecule has 1 rings (SSSR count). The van der Waals surface area contributed by atoms with Gasteiger partial charge in [0.1, 0.15) is 0 Å². The molecule has 0 aliphatic heterocycles. The standard InChI is InChI=1S/C13H15F2N/c1-3-10(9-16)11-6-5-7-12(8-11)13(14,15)4-2/h5-8,10H,3-4H2,1-2H3. The molecule has 1 unspecified atom stereocenters. The Balaban J connectivity index is 3.09. The fourth-order valence-corrected chi connectivity index (χ4v) is 1.59. The smallest absolute Gasteiger partial charge is 0.201 e. The van der Waals surface area contributed by atoms with E-state index < -0.39 is 5.92 Å². The summed E-state index contributed by atoms with van der Waals surface area (Å²) in [5.74, 6) is -3.10. The zero-order chi connectivity index (χ0) is 12.2. The molecular formula is C13H15F2N. The molecular weight excluding hydrogens is 208 g/mol. The molecule has 1 aromatic carbocycles. The number of benzene rings is 1. The van der Waals surface area contributed by atoms with Gasteiger partial charge in [-0.3, -0.25) is 0 Å². The van der Waals surface area contributed by atoms with Crippen LogP contribution in [0.5, 0.6) is 0 Å². The molecule has 3 heteroatoms. The number of hydrogen-bond donors (Lipinski definition) is 0. The Morgan fingerprint density at radius 2 is 2.06 bits per heavy atom. The van der Waals surface area contributed by atoms with E-state index in [4.69, 9.17) is 5.26 Å². The van der Waals surface area contributed by atoms with Crippen molar-refractivity contribution in [2.24, 2.45) is 0 Å². The third-order valence-corrected chi connectivity index (χ3v) is 2.72. The highest BCUT2D eigenvalue weighted by Crippen LogP contribution is 2.33. The van der Waals surface area contributed by atoms with Crippen LogP contribution in [0.3, 0.4) is 0 Å². The molecule has 86 valence electrons. The van der Waals surface area contributed by atoms with Crippen molar-refractivity contribution >= 4 is 0 Å². The number of alkyl halides is 2. The first kappa shape index (κ1) is 12.6. The second-order valence-corrected chi connectivity index (χ2v) is 3.77. The molecule has 1 atom stereocenters. The molecule has 0 amide bonds. The van der Waals surface area contributed by atoms with E-state index in [1.165, 1.54) is 19.1 Å². The van der Waals surface area contributed by atoms with Gasteiger partial charge in [0, 0.05) is 12.0 Å². The summed E-state index contributed by atoms with van der Waals surface area (Å²) in [6, 6.07) is 8.30. The molecule has 0 aliphatic rings. The van der Waals surface area contributed by atoms with Crippen LogP contribution < -0.4 is 0 Å². The van der Waals surface area contributed by atoms with Gasteiger partial charge in [-0.15, -0.1) is 0 Å². The lowest BCUT2D eigenvalue weighted by molar-refractivity contribution is -0.00836. The summed E-state index contributed by atoms with van der Waals surface area (Å²) in [6.45, 7) is 3.33. The molecule has 0 spiro atoms. The van der Waals surface area contributed by atoms with Crippen LogP contribution in [0.4, 0.5) is 8.78 Å². The molecule has 16 heavy (non-hydrogen) atoms. The lowest BCUT2D eigenvalue weighted by atomic mass is 9.94. The van der Waals surface area contributed by atoms with Gasteiger partial charge in [0.2, 0.25) is 0 Å². The van der Waals surface area contributed by atoms with Crippen LogP contribution in [-0.2, 0) is 5.92 Å². The van der Waals surface area contributed by atoms with Crippen LogP contribution in [0.1, 0.15) is 43.7 Å². The van der Waals surface area contributed by atoms with Crippen molar-refractivity contribution in [3.05, 3.63) is 35.4 Å². The van der Waals surface area contributed by atoms with Gasteiger partial charge in [-0.2, -0.15) is 5.26 Å². The van der Waals surface area contributed by atoms with Gasteiger partial charge >= 0.3 is 0 Å². The van der Waals surface area contributed by atoms with E-state index in [0.717, 1.165) is 0 Å².